The van der Waals surface area contributed by atoms with E-state index in [2.05, 4.69) is 10.00 Å². The van der Waals surface area contributed by atoms with Gasteiger partial charge < -0.3 is 14.6 Å². The topological polar surface area (TPSA) is 91.7 Å². The van der Waals surface area contributed by atoms with Gasteiger partial charge in [0.1, 0.15) is 17.6 Å². The molecule has 0 radical (unpaired) electrons. The smallest absolute Gasteiger partial charge is 0.421 e. The molecule has 1 unspecified atom stereocenters. The Kier molecular flexibility index (Phi) is 5.12. The molecular formula is C22H26F3N3O4. The summed E-state index contributed by atoms with van der Waals surface area (Å²) in [6, 6.07) is 0. The van der Waals surface area contributed by atoms with Crippen molar-refractivity contribution >= 4 is 5.97 Å². The van der Waals surface area contributed by atoms with Crippen molar-refractivity contribution in [3.8, 4) is 11.3 Å². The van der Waals surface area contributed by atoms with Crippen molar-refractivity contribution in [2.45, 2.75) is 63.9 Å². The van der Waals surface area contributed by atoms with Crippen LogP contribution >= 0.6 is 0 Å². The van der Waals surface area contributed by atoms with Gasteiger partial charge in [-0.1, -0.05) is 6.92 Å². The average molecular weight is 453 g/mol. The van der Waals surface area contributed by atoms with Crippen molar-refractivity contribution in [2.24, 2.45) is 11.8 Å². The number of aliphatic hydroxyl groups is 1. The van der Waals surface area contributed by atoms with E-state index in [1.807, 2.05) is 6.92 Å². The summed E-state index contributed by atoms with van der Waals surface area (Å²) < 4.78 is 48.2. The second kappa shape index (κ2) is 7.62. The summed E-state index contributed by atoms with van der Waals surface area (Å²) >= 11 is 0. The fourth-order valence-corrected chi connectivity index (χ4v) is 5.12. The Bertz CT molecular complexity index is 1030. The summed E-state index contributed by atoms with van der Waals surface area (Å²) in [5.74, 6) is -2.19. The van der Waals surface area contributed by atoms with Crippen LogP contribution in [-0.2, 0) is 19.1 Å². The van der Waals surface area contributed by atoms with Crippen LogP contribution in [0.3, 0.4) is 0 Å². The van der Waals surface area contributed by atoms with Gasteiger partial charge >= 0.3 is 12.1 Å². The Balaban J connectivity index is 1.39. The van der Waals surface area contributed by atoms with Gasteiger partial charge in [-0.25, -0.2) is 4.79 Å². The first-order chi connectivity index (χ1) is 15.1. The second-order valence-electron chi connectivity index (χ2n) is 9.40. The fourth-order valence-electron chi connectivity index (χ4n) is 5.12. The highest BCUT2D eigenvalue weighted by Gasteiger charge is 2.46. The maximum atomic E-state index is 13.8. The highest BCUT2D eigenvalue weighted by molar-refractivity contribution is 5.91. The van der Waals surface area contributed by atoms with Crippen LogP contribution in [0.4, 0.5) is 13.2 Å². The number of fused-ring (bicyclic) bond motifs is 3. The standard InChI is InChI=1S/C22H26F3N3O4/c1-11-8-15-16(17(22(23,24)25)19(32-15)21(30)31)18-14(11)10-28(26-18)9-12-4-6-27(7-5-12)20(29)13-2-3-13/h10-13,20,29H,2-9H2,1H3,(H,30,31)/t11-,20?/m1/s1. The zero-order valence-electron chi connectivity index (χ0n) is 17.7. The number of carboxylic acids is 1. The molecule has 3 heterocycles. The number of piperidine rings is 1. The zero-order chi connectivity index (χ0) is 22.8. The number of furan rings is 1. The molecule has 2 aromatic heterocycles. The lowest BCUT2D eigenvalue weighted by molar-refractivity contribution is -0.138. The van der Waals surface area contributed by atoms with Crippen LogP contribution in [0, 0.1) is 11.8 Å². The first-order valence-corrected chi connectivity index (χ1v) is 11.1. The number of hydrogen-bond acceptors (Lipinski definition) is 5. The van der Waals surface area contributed by atoms with E-state index in [1.54, 1.807) is 10.9 Å². The van der Waals surface area contributed by atoms with E-state index in [-0.39, 0.29) is 35.6 Å². The number of nitrogens with zero attached hydrogens (tertiary/aromatic N) is 3. The maximum absolute atomic E-state index is 13.8. The third-order valence-electron chi connectivity index (χ3n) is 7.02. The number of hydrogen-bond donors (Lipinski definition) is 2. The average Bonchev–Trinajstić information content (AvgIpc) is 3.36. The number of carboxylic acid groups (broad SMARTS) is 1. The summed E-state index contributed by atoms with van der Waals surface area (Å²) in [5, 5.41) is 24.1. The molecule has 5 rings (SSSR count). The lowest BCUT2D eigenvalue weighted by Gasteiger charge is -2.35. The molecule has 7 nitrogen and oxygen atoms in total. The van der Waals surface area contributed by atoms with Gasteiger partial charge in [-0.3, -0.25) is 9.58 Å². The van der Waals surface area contributed by atoms with Crippen LogP contribution in [0.2, 0.25) is 0 Å². The Labute approximate surface area is 182 Å². The third kappa shape index (κ3) is 3.73. The number of carbonyl (C=O) groups is 1. The summed E-state index contributed by atoms with van der Waals surface area (Å²) in [7, 11) is 0. The van der Waals surface area contributed by atoms with Gasteiger partial charge in [-0.05, 0) is 43.4 Å². The maximum Gasteiger partial charge on any atom is 0.421 e. The Hall–Kier alpha value is -2.33. The van der Waals surface area contributed by atoms with Crippen molar-refractivity contribution in [3.05, 3.63) is 28.8 Å². The summed E-state index contributed by atoms with van der Waals surface area (Å²) in [4.78, 5) is 13.5. The fraction of sp³-hybridized carbons (Fsp3) is 0.636. The van der Waals surface area contributed by atoms with E-state index < -0.39 is 23.5 Å². The van der Waals surface area contributed by atoms with Crippen molar-refractivity contribution < 1.29 is 32.6 Å². The number of rotatable bonds is 5. The number of halogens is 3. The third-order valence-corrected chi connectivity index (χ3v) is 7.02. The normalized spacial score (nSPS) is 23.1. The van der Waals surface area contributed by atoms with Gasteiger partial charge in [0.15, 0.2) is 0 Å². The van der Waals surface area contributed by atoms with Crippen molar-refractivity contribution in [2.75, 3.05) is 13.1 Å². The van der Waals surface area contributed by atoms with Gasteiger partial charge in [-0.2, -0.15) is 18.3 Å². The molecule has 0 amide bonds. The molecule has 32 heavy (non-hydrogen) atoms. The van der Waals surface area contributed by atoms with Gasteiger partial charge in [-0.15, -0.1) is 0 Å². The number of aromatic nitrogens is 2. The molecule has 2 aliphatic carbocycles. The molecule has 1 saturated heterocycles. The summed E-state index contributed by atoms with van der Waals surface area (Å²) in [6.45, 7) is 4.05. The molecular weight excluding hydrogens is 427 g/mol. The molecule has 0 bridgehead atoms. The van der Waals surface area contributed by atoms with Crippen LogP contribution in [0.25, 0.3) is 11.3 Å². The first kappa shape index (κ1) is 21.5. The van der Waals surface area contributed by atoms with Crippen LogP contribution in [0.15, 0.2) is 10.6 Å². The van der Waals surface area contributed by atoms with E-state index >= 15 is 0 Å². The zero-order valence-corrected chi connectivity index (χ0v) is 17.7. The molecule has 1 aliphatic heterocycles. The quantitative estimate of drug-likeness (QED) is 0.712. The second-order valence-corrected chi connectivity index (χ2v) is 9.40. The number of likely N-dealkylation sites (tertiary alicyclic amines) is 1. The van der Waals surface area contributed by atoms with Crippen LogP contribution in [0.5, 0.6) is 0 Å². The lowest BCUT2D eigenvalue weighted by atomic mass is 9.86. The molecule has 2 N–H and O–H groups in total. The van der Waals surface area contributed by atoms with Crippen molar-refractivity contribution in [3.63, 3.8) is 0 Å². The molecule has 0 aromatic carbocycles. The van der Waals surface area contributed by atoms with Gasteiger partial charge in [0.2, 0.25) is 5.76 Å². The first-order valence-electron chi connectivity index (χ1n) is 11.1. The van der Waals surface area contributed by atoms with Crippen molar-refractivity contribution in [1.29, 1.82) is 0 Å². The largest absolute Gasteiger partial charge is 0.475 e. The minimum absolute atomic E-state index is 0.0300. The molecule has 1 saturated carbocycles. The highest BCUT2D eigenvalue weighted by atomic mass is 19.4. The SMILES string of the molecule is C[C@@H]1Cc2oc(C(=O)O)c(C(F)(F)F)c2-c2nn(CC3CCN(C(O)C4CC4)CC3)cc21. The van der Waals surface area contributed by atoms with E-state index in [1.165, 1.54) is 0 Å². The predicted octanol–water partition coefficient (Wildman–Crippen LogP) is 3.96. The lowest BCUT2D eigenvalue weighted by Crippen LogP contribution is -2.43. The Morgan fingerprint density at radius 2 is 1.97 bits per heavy atom. The Morgan fingerprint density at radius 3 is 2.56 bits per heavy atom. The van der Waals surface area contributed by atoms with Gasteiger partial charge in [0.25, 0.3) is 0 Å². The van der Waals surface area contributed by atoms with Gasteiger partial charge in [0, 0.05) is 37.8 Å². The molecule has 0 spiro atoms. The summed E-state index contributed by atoms with van der Waals surface area (Å²) in [6.07, 6.45) is 0.702. The predicted molar refractivity (Wildman–Crippen MR) is 107 cm³/mol. The van der Waals surface area contributed by atoms with Crippen LogP contribution < -0.4 is 0 Å². The van der Waals surface area contributed by atoms with Gasteiger partial charge in [0.05, 0.1) is 11.3 Å². The number of aromatic carboxylic acids is 1. The summed E-state index contributed by atoms with van der Waals surface area (Å²) in [5.41, 5.74) is -0.629. The molecule has 3 aliphatic rings. The molecule has 2 aromatic rings. The van der Waals surface area contributed by atoms with E-state index in [9.17, 15) is 28.2 Å². The van der Waals surface area contributed by atoms with E-state index in [0.29, 0.717) is 23.9 Å². The Morgan fingerprint density at radius 1 is 1.28 bits per heavy atom. The van der Waals surface area contributed by atoms with Crippen molar-refractivity contribution in [1.82, 2.24) is 14.7 Å². The number of alkyl halides is 3. The van der Waals surface area contributed by atoms with E-state index in [0.717, 1.165) is 38.8 Å². The minimum atomic E-state index is -4.86. The highest BCUT2D eigenvalue weighted by Crippen LogP contribution is 2.48. The van der Waals surface area contributed by atoms with E-state index in [4.69, 9.17) is 4.42 Å². The monoisotopic (exact) mass is 453 g/mol. The van der Waals surface area contributed by atoms with Crippen LogP contribution in [0.1, 0.15) is 66.0 Å². The minimum Gasteiger partial charge on any atom is -0.475 e. The molecule has 2 atom stereocenters. The number of aliphatic hydroxyl groups excluding tert-OH is 1. The molecule has 2 fully saturated rings. The van der Waals surface area contributed by atoms with Crippen LogP contribution in [-0.4, -0.2) is 50.2 Å². The molecule has 10 heteroatoms. The molecule has 174 valence electrons.